The maximum atomic E-state index is 11.2. The molecule has 0 saturated carbocycles. The van der Waals surface area contributed by atoms with Crippen LogP contribution in [0.3, 0.4) is 0 Å². The maximum Gasteiger partial charge on any atom is 0.308 e. The van der Waals surface area contributed by atoms with Crippen LogP contribution in [0.1, 0.15) is 13.8 Å². The first kappa shape index (κ1) is 20.0. The summed E-state index contributed by atoms with van der Waals surface area (Å²) in [4.78, 5) is 36.1. The minimum absolute atomic E-state index is 0.344. The van der Waals surface area contributed by atoms with Crippen molar-refractivity contribution in [3.8, 4) is 34.0 Å². The molecule has 2 aromatic carbocycles. The standard InChI is InChI=1S/C23H18N4O4/c1-13(28)30-17-7-3-15(4-8-17)21-22(16-5-9-18(10-6-16)31-14(2)29)27-23-19(25-21)11-12-20(24)26-23/h3-12H,1-2H3,(H2,24,26,27). The number of ether oxygens (including phenoxy) is 2. The third-order valence-electron chi connectivity index (χ3n) is 4.33. The minimum Gasteiger partial charge on any atom is -0.427 e. The monoisotopic (exact) mass is 414 g/mol. The normalized spacial score (nSPS) is 10.6. The highest BCUT2D eigenvalue weighted by atomic mass is 16.5. The fraction of sp³-hybridized carbons (Fsp3) is 0.0870. The second-order valence-electron chi connectivity index (χ2n) is 6.74. The molecule has 0 radical (unpaired) electrons. The molecule has 0 amide bonds. The number of nitrogens with two attached hydrogens (primary N) is 1. The van der Waals surface area contributed by atoms with Crippen molar-refractivity contribution in [2.45, 2.75) is 13.8 Å². The second-order valence-corrected chi connectivity index (χ2v) is 6.74. The van der Waals surface area contributed by atoms with Crippen LogP contribution in [0.25, 0.3) is 33.7 Å². The molecule has 0 unspecified atom stereocenters. The number of aromatic nitrogens is 3. The van der Waals surface area contributed by atoms with Gasteiger partial charge in [-0.1, -0.05) is 0 Å². The Balaban J connectivity index is 1.84. The lowest BCUT2D eigenvalue weighted by Gasteiger charge is -2.11. The Morgan fingerprint density at radius 3 is 1.65 bits per heavy atom. The number of carbonyl (C=O) groups is 2. The predicted octanol–water partition coefficient (Wildman–Crippen LogP) is 3.79. The van der Waals surface area contributed by atoms with E-state index in [9.17, 15) is 9.59 Å². The van der Waals surface area contributed by atoms with Crippen LogP contribution in [-0.4, -0.2) is 26.9 Å². The topological polar surface area (TPSA) is 117 Å². The van der Waals surface area contributed by atoms with Crippen LogP contribution >= 0.6 is 0 Å². The highest BCUT2D eigenvalue weighted by Crippen LogP contribution is 2.32. The van der Waals surface area contributed by atoms with E-state index in [2.05, 4.69) is 4.98 Å². The number of rotatable bonds is 4. The summed E-state index contributed by atoms with van der Waals surface area (Å²) < 4.78 is 10.2. The second kappa shape index (κ2) is 8.19. The van der Waals surface area contributed by atoms with E-state index in [1.807, 2.05) is 0 Å². The van der Waals surface area contributed by atoms with E-state index >= 15 is 0 Å². The average molecular weight is 414 g/mol. The van der Waals surface area contributed by atoms with Gasteiger partial charge in [0.15, 0.2) is 5.65 Å². The molecule has 0 bridgehead atoms. The zero-order valence-electron chi connectivity index (χ0n) is 16.8. The number of fused-ring (bicyclic) bond motifs is 1. The van der Waals surface area contributed by atoms with Crippen molar-refractivity contribution in [2.75, 3.05) is 5.73 Å². The van der Waals surface area contributed by atoms with Crippen molar-refractivity contribution in [1.82, 2.24) is 15.0 Å². The van der Waals surface area contributed by atoms with Gasteiger partial charge < -0.3 is 15.2 Å². The molecule has 2 aromatic heterocycles. The molecule has 4 aromatic rings. The van der Waals surface area contributed by atoms with E-state index in [1.165, 1.54) is 13.8 Å². The van der Waals surface area contributed by atoms with Gasteiger partial charge in [-0.15, -0.1) is 0 Å². The molecule has 0 aliphatic rings. The molecule has 4 rings (SSSR count). The third-order valence-corrected chi connectivity index (χ3v) is 4.33. The van der Waals surface area contributed by atoms with Crippen molar-refractivity contribution in [3.63, 3.8) is 0 Å². The van der Waals surface area contributed by atoms with Crippen LogP contribution in [-0.2, 0) is 9.59 Å². The fourth-order valence-electron chi connectivity index (χ4n) is 3.05. The summed E-state index contributed by atoms with van der Waals surface area (Å²) in [6, 6.07) is 17.4. The molecule has 154 valence electrons. The number of carbonyl (C=O) groups excluding carboxylic acids is 2. The van der Waals surface area contributed by atoms with Gasteiger partial charge in [0.25, 0.3) is 0 Å². The van der Waals surface area contributed by atoms with E-state index < -0.39 is 11.9 Å². The van der Waals surface area contributed by atoms with Crippen molar-refractivity contribution in [3.05, 3.63) is 60.7 Å². The summed E-state index contributed by atoms with van der Waals surface area (Å²) in [5.41, 5.74) is 9.56. The van der Waals surface area contributed by atoms with Gasteiger partial charge in [0.2, 0.25) is 0 Å². The number of nitrogens with zero attached hydrogens (tertiary/aromatic N) is 3. The Bertz CT molecular complexity index is 1290. The molecule has 8 heteroatoms. The first-order valence-electron chi connectivity index (χ1n) is 9.41. The van der Waals surface area contributed by atoms with E-state index in [1.54, 1.807) is 60.7 Å². The van der Waals surface area contributed by atoms with E-state index in [0.29, 0.717) is 39.9 Å². The summed E-state index contributed by atoms with van der Waals surface area (Å²) in [5.74, 6) is 0.421. The number of nitrogen functional groups attached to an aromatic ring is 1. The lowest BCUT2D eigenvalue weighted by Crippen LogP contribution is -2.02. The number of hydrogen-bond acceptors (Lipinski definition) is 8. The average Bonchev–Trinajstić information content (AvgIpc) is 2.73. The Morgan fingerprint density at radius 1 is 0.677 bits per heavy atom. The van der Waals surface area contributed by atoms with Crippen molar-refractivity contribution in [2.24, 2.45) is 0 Å². The summed E-state index contributed by atoms with van der Waals surface area (Å²) in [7, 11) is 0. The number of hydrogen-bond donors (Lipinski definition) is 1. The molecule has 0 atom stereocenters. The summed E-state index contributed by atoms with van der Waals surface area (Å²) >= 11 is 0. The van der Waals surface area contributed by atoms with Crippen molar-refractivity contribution < 1.29 is 19.1 Å². The highest BCUT2D eigenvalue weighted by molar-refractivity contribution is 5.85. The molecule has 2 heterocycles. The van der Waals surface area contributed by atoms with Gasteiger partial charge in [-0.05, 0) is 60.7 Å². The molecule has 0 spiro atoms. The van der Waals surface area contributed by atoms with Crippen LogP contribution in [0.4, 0.5) is 5.82 Å². The molecular weight excluding hydrogens is 396 g/mol. The molecule has 0 aliphatic carbocycles. The summed E-state index contributed by atoms with van der Waals surface area (Å²) in [5, 5.41) is 0. The van der Waals surface area contributed by atoms with Crippen LogP contribution in [0.5, 0.6) is 11.5 Å². The Hall–Kier alpha value is -4.33. The van der Waals surface area contributed by atoms with Gasteiger partial charge in [0.05, 0.1) is 11.4 Å². The quantitative estimate of drug-likeness (QED) is 0.396. The smallest absolute Gasteiger partial charge is 0.308 e. The van der Waals surface area contributed by atoms with Gasteiger partial charge in [-0.25, -0.2) is 15.0 Å². The Labute approximate surface area is 177 Å². The first-order chi connectivity index (χ1) is 14.9. The minimum atomic E-state index is -0.397. The van der Waals surface area contributed by atoms with Gasteiger partial charge in [0, 0.05) is 25.0 Å². The molecule has 8 nitrogen and oxygen atoms in total. The SMILES string of the molecule is CC(=O)Oc1ccc(-c2nc3ccc(N)nc3nc2-c2ccc(OC(C)=O)cc2)cc1. The van der Waals surface area contributed by atoms with Gasteiger partial charge in [0.1, 0.15) is 22.8 Å². The van der Waals surface area contributed by atoms with Crippen LogP contribution in [0.2, 0.25) is 0 Å². The van der Waals surface area contributed by atoms with E-state index in [0.717, 1.165) is 11.1 Å². The van der Waals surface area contributed by atoms with E-state index in [4.69, 9.17) is 25.2 Å². The van der Waals surface area contributed by atoms with E-state index in [-0.39, 0.29) is 0 Å². The number of esters is 2. The van der Waals surface area contributed by atoms with Crippen molar-refractivity contribution >= 4 is 28.9 Å². The molecule has 0 saturated heterocycles. The number of pyridine rings is 1. The molecule has 0 aliphatic heterocycles. The third kappa shape index (κ3) is 4.48. The van der Waals surface area contributed by atoms with Crippen LogP contribution in [0, 0.1) is 0 Å². The number of anilines is 1. The largest absolute Gasteiger partial charge is 0.427 e. The Kier molecular flexibility index (Phi) is 5.28. The van der Waals surface area contributed by atoms with Crippen LogP contribution < -0.4 is 15.2 Å². The lowest BCUT2D eigenvalue weighted by molar-refractivity contribution is -0.132. The first-order valence-corrected chi connectivity index (χ1v) is 9.41. The fourth-order valence-corrected chi connectivity index (χ4v) is 3.05. The number of benzene rings is 2. The highest BCUT2D eigenvalue weighted by Gasteiger charge is 2.15. The zero-order valence-corrected chi connectivity index (χ0v) is 16.8. The van der Waals surface area contributed by atoms with Gasteiger partial charge >= 0.3 is 11.9 Å². The predicted molar refractivity (Wildman–Crippen MR) is 115 cm³/mol. The molecule has 2 N–H and O–H groups in total. The van der Waals surface area contributed by atoms with Gasteiger partial charge in [-0.2, -0.15) is 0 Å². The van der Waals surface area contributed by atoms with Gasteiger partial charge in [-0.3, -0.25) is 9.59 Å². The summed E-state index contributed by atoms with van der Waals surface area (Å²) in [6.07, 6.45) is 0. The van der Waals surface area contributed by atoms with Crippen LogP contribution in [0.15, 0.2) is 60.7 Å². The zero-order chi connectivity index (χ0) is 22.0. The maximum absolute atomic E-state index is 11.2. The Morgan fingerprint density at radius 2 is 1.16 bits per heavy atom. The summed E-state index contributed by atoms with van der Waals surface area (Å²) in [6.45, 7) is 2.69. The van der Waals surface area contributed by atoms with Crippen molar-refractivity contribution in [1.29, 1.82) is 0 Å². The molecule has 0 fully saturated rings. The molecule has 31 heavy (non-hydrogen) atoms. The molecular formula is C23H18N4O4. The lowest BCUT2D eigenvalue weighted by atomic mass is 10.0.